The molecule has 0 atom stereocenters. The molecule has 3 rings (SSSR count). The van der Waals surface area contributed by atoms with Gasteiger partial charge < -0.3 is 4.74 Å². The molecule has 142 valence electrons. The van der Waals surface area contributed by atoms with Crippen LogP contribution in [0.1, 0.15) is 50.4 Å². The highest BCUT2D eigenvalue weighted by Crippen LogP contribution is 2.18. The number of hydrogen-bond donors (Lipinski definition) is 0. The van der Waals surface area contributed by atoms with Crippen molar-refractivity contribution in [1.29, 1.82) is 0 Å². The molecule has 0 N–H and O–H groups in total. The Morgan fingerprint density at radius 2 is 1.85 bits per heavy atom. The van der Waals surface area contributed by atoms with Crippen LogP contribution in [0.2, 0.25) is 0 Å². The zero-order valence-corrected chi connectivity index (χ0v) is 15.5. The first-order valence-corrected chi connectivity index (χ1v) is 8.68. The lowest BCUT2D eigenvalue weighted by molar-refractivity contribution is 0.0174. The van der Waals surface area contributed by atoms with Crippen molar-refractivity contribution in [3.8, 4) is 0 Å². The average Bonchev–Trinajstić information content (AvgIpc) is 3.32. The van der Waals surface area contributed by atoms with Crippen LogP contribution in [0.4, 0.5) is 0 Å². The summed E-state index contributed by atoms with van der Waals surface area (Å²) >= 11 is 0. The van der Waals surface area contributed by atoms with Gasteiger partial charge in [-0.2, -0.15) is 5.10 Å². The second-order valence-corrected chi connectivity index (χ2v) is 6.12. The van der Waals surface area contributed by atoms with Crippen molar-refractivity contribution in [2.24, 2.45) is 0 Å². The number of methoxy groups -OCH3 is 1. The average molecular weight is 371 g/mol. The molecule has 1 aliphatic rings. The second-order valence-electron chi connectivity index (χ2n) is 6.12. The van der Waals surface area contributed by atoms with Crippen molar-refractivity contribution < 1.29 is 19.1 Å². The molecule has 0 aromatic carbocycles. The molecule has 2 aromatic rings. The fraction of sp³-hybridized carbons (Fsp3) is 0.389. The Morgan fingerprint density at radius 1 is 1.15 bits per heavy atom. The van der Waals surface area contributed by atoms with E-state index in [9.17, 15) is 14.4 Å². The number of hydrogen-bond acceptors (Lipinski definition) is 6. The van der Waals surface area contributed by atoms with E-state index in [1.54, 1.807) is 10.7 Å². The van der Waals surface area contributed by atoms with Crippen molar-refractivity contribution in [1.82, 2.24) is 24.8 Å². The van der Waals surface area contributed by atoms with Crippen molar-refractivity contribution in [2.45, 2.75) is 26.8 Å². The first-order valence-electron chi connectivity index (χ1n) is 8.68. The Morgan fingerprint density at radius 3 is 2.44 bits per heavy atom. The first kappa shape index (κ1) is 18.6. The van der Waals surface area contributed by atoms with E-state index in [1.165, 1.54) is 35.5 Å². The van der Waals surface area contributed by atoms with Gasteiger partial charge in [-0.1, -0.05) is 0 Å². The number of carbonyl (C=O) groups is 3. The number of aromatic nitrogens is 3. The van der Waals surface area contributed by atoms with Crippen LogP contribution in [0, 0.1) is 6.92 Å². The topological polar surface area (TPSA) is 97.6 Å². The third-order valence-corrected chi connectivity index (χ3v) is 4.32. The number of aryl methyl sites for hydroxylation is 2. The van der Waals surface area contributed by atoms with Gasteiger partial charge in [0.2, 0.25) is 0 Å². The Labute approximate surface area is 156 Å². The van der Waals surface area contributed by atoms with Gasteiger partial charge in [0, 0.05) is 25.8 Å². The molecule has 2 aromatic heterocycles. The Bertz CT molecular complexity index is 874. The summed E-state index contributed by atoms with van der Waals surface area (Å²) in [5.74, 6) is -1.19. The van der Waals surface area contributed by atoms with Crippen LogP contribution >= 0.6 is 0 Å². The standard InChI is InChI=1S/C18H21N5O4/c1-4-21-15(10-12(2)20-21)17(25)23-9-5-8-22(23)16(24)14-7-6-13(11-19-14)18(26)27-3/h6-7,10-11H,4-5,8-9H2,1-3H3. The van der Waals surface area contributed by atoms with E-state index >= 15 is 0 Å². The van der Waals surface area contributed by atoms with Crippen LogP contribution in [0.5, 0.6) is 0 Å². The summed E-state index contributed by atoms with van der Waals surface area (Å²) in [7, 11) is 1.28. The Kier molecular flexibility index (Phi) is 5.20. The lowest BCUT2D eigenvalue weighted by atomic mass is 10.2. The van der Waals surface area contributed by atoms with E-state index in [0.717, 1.165) is 5.69 Å². The fourth-order valence-electron chi connectivity index (χ4n) is 3.02. The number of ether oxygens (including phenoxy) is 1. The summed E-state index contributed by atoms with van der Waals surface area (Å²) in [5.41, 5.74) is 1.61. The number of carbonyl (C=O) groups excluding carboxylic acids is 3. The normalized spacial score (nSPS) is 13.7. The smallest absolute Gasteiger partial charge is 0.339 e. The van der Waals surface area contributed by atoms with Gasteiger partial charge >= 0.3 is 5.97 Å². The van der Waals surface area contributed by atoms with E-state index in [0.29, 0.717) is 31.7 Å². The predicted molar refractivity (Wildman–Crippen MR) is 94.9 cm³/mol. The molecule has 1 fully saturated rings. The molecule has 1 saturated heterocycles. The minimum Gasteiger partial charge on any atom is -0.465 e. The zero-order chi connectivity index (χ0) is 19.6. The highest BCUT2D eigenvalue weighted by molar-refractivity contribution is 5.98. The van der Waals surface area contributed by atoms with E-state index in [1.807, 2.05) is 13.8 Å². The molecule has 0 spiro atoms. The molecule has 9 heteroatoms. The molecular weight excluding hydrogens is 350 g/mol. The van der Waals surface area contributed by atoms with Gasteiger partial charge in [0.25, 0.3) is 11.8 Å². The summed E-state index contributed by atoms with van der Waals surface area (Å²) < 4.78 is 6.25. The lowest BCUT2D eigenvalue weighted by Gasteiger charge is -2.27. The molecule has 1 aliphatic heterocycles. The van der Waals surface area contributed by atoms with Gasteiger partial charge in [-0.3, -0.25) is 19.3 Å². The van der Waals surface area contributed by atoms with Crippen LogP contribution in [-0.4, -0.2) is 62.8 Å². The maximum Gasteiger partial charge on any atom is 0.339 e. The zero-order valence-electron chi connectivity index (χ0n) is 15.5. The number of hydrazine groups is 1. The fourth-order valence-corrected chi connectivity index (χ4v) is 3.02. The minimum atomic E-state index is -0.525. The van der Waals surface area contributed by atoms with Gasteiger partial charge in [-0.05, 0) is 38.5 Å². The van der Waals surface area contributed by atoms with Gasteiger partial charge in [-0.25, -0.2) is 14.8 Å². The minimum absolute atomic E-state index is 0.155. The Balaban J connectivity index is 1.82. The molecule has 2 amide bonds. The monoisotopic (exact) mass is 371 g/mol. The number of nitrogens with zero attached hydrogens (tertiary/aromatic N) is 5. The van der Waals surface area contributed by atoms with Crippen LogP contribution in [0.25, 0.3) is 0 Å². The summed E-state index contributed by atoms with van der Waals surface area (Å²) in [6.45, 7) is 5.15. The van der Waals surface area contributed by atoms with Crippen molar-refractivity contribution >= 4 is 17.8 Å². The Hall–Kier alpha value is -3.23. The van der Waals surface area contributed by atoms with Crippen molar-refractivity contribution in [3.05, 3.63) is 47.0 Å². The van der Waals surface area contributed by atoms with Crippen LogP contribution in [-0.2, 0) is 11.3 Å². The molecule has 0 aliphatic carbocycles. The van der Waals surface area contributed by atoms with Crippen molar-refractivity contribution in [3.63, 3.8) is 0 Å². The summed E-state index contributed by atoms with van der Waals surface area (Å²) in [6, 6.07) is 4.65. The highest BCUT2D eigenvalue weighted by atomic mass is 16.5. The highest BCUT2D eigenvalue weighted by Gasteiger charge is 2.34. The SMILES string of the molecule is CCn1nc(C)cc1C(=O)N1CCCN1C(=O)c1ccc(C(=O)OC)cn1. The van der Waals surface area contributed by atoms with Crippen molar-refractivity contribution in [2.75, 3.05) is 20.2 Å². The number of pyridine rings is 1. The molecule has 0 radical (unpaired) electrons. The number of esters is 1. The van der Waals surface area contributed by atoms with E-state index in [4.69, 9.17) is 0 Å². The lowest BCUT2D eigenvalue weighted by Crippen LogP contribution is -2.45. The maximum absolute atomic E-state index is 13.0. The number of rotatable bonds is 4. The maximum atomic E-state index is 13.0. The second kappa shape index (κ2) is 7.56. The van der Waals surface area contributed by atoms with Gasteiger partial charge in [-0.15, -0.1) is 0 Å². The van der Waals surface area contributed by atoms with Crippen LogP contribution < -0.4 is 0 Å². The number of amides is 2. The van der Waals surface area contributed by atoms with E-state index < -0.39 is 11.9 Å². The van der Waals surface area contributed by atoms with Gasteiger partial charge in [0.05, 0.1) is 18.4 Å². The molecule has 0 bridgehead atoms. The predicted octanol–water partition coefficient (Wildman–Crippen LogP) is 1.30. The summed E-state index contributed by atoms with van der Waals surface area (Å²) in [5, 5.41) is 7.12. The third-order valence-electron chi connectivity index (χ3n) is 4.32. The third kappa shape index (κ3) is 3.53. The van der Waals surface area contributed by atoms with Crippen LogP contribution in [0.15, 0.2) is 24.4 Å². The molecule has 3 heterocycles. The largest absolute Gasteiger partial charge is 0.465 e. The molecule has 0 unspecified atom stereocenters. The molecule has 9 nitrogen and oxygen atoms in total. The summed E-state index contributed by atoms with van der Waals surface area (Å²) in [4.78, 5) is 41.3. The van der Waals surface area contributed by atoms with E-state index in [-0.39, 0.29) is 17.2 Å². The summed E-state index contributed by atoms with van der Waals surface area (Å²) in [6.07, 6.45) is 1.97. The van der Waals surface area contributed by atoms with Gasteiger partial charge in [0.1, 0.15) is 11.4 Å². The quantitative estimate of drug-likeness (QED) is 0.752. The first-order chi connectivity index (χ1) is 13.0. The molecular formula is C18H21N5O4. The van der Waals surface area contributed by atoms with Crippen LogP contribution in [0.3, 0.4) is 0 Å². The van der Waals surface area contributed by atoms with E-state index in [2.05, 4.69) is 14.8 Å². The van der Waals surface area contributed by atoms with Gasteiger partial charge in [0.15, 0.2) is 0 Å². The molecule has 27 heavy (non-hydrogen) atoms. The molecule has 0 saturated carbocycles.